The van der Waals surface area contributed by atoms with Gasteiger partial charge < -0.3 is 24.0 Å². The summed E-state index contributed by atoms with van der Waals surface area (Å²) >= 11 is 0. The monoisotopic (exact) mass is 620 g/mol. The Morgan fingerprint density at radius 3 is 2.24 bits per heavy atom. The van der Waals surface area contributed by atoms with Crippen molar-refractivity contribution in [1.29, 1.82) is 0 Å². The van der Waals surface area contributed by atoms with E-state index in [0.717, 1.165) is 63.4 Å². The summed E-state index contributed by atoms with van der Waals surface area (Å²) < 4.78 is 31.7. The molecule has 0 saturated carbocycles. The first-order chi connectivity index (χ1) is 22.2. The highest BCUT2D eigenvalue weighted by Crippen LogP contribution is 2.45. The molecule has 7 heteroatoms. The number of aryl methyl sites for hydroxylation is 1. The van der Waals surface area contributed by atoms with Crippen LogP contribution in [0.5, 0.6) is 11.5 Å². The second-order valence-electron chi connectivity index (χ2n) is 12.8. The smallest absolute Gasteiger partial charge is 0.410 e. The van der Waals surface area contributed by atoms with Crippen LogP contribution < -0.4 is 14.4 Å². The predicted octanol–water partition coefficient (Wildman–Crippen LogP) is 8.38. The van der Waals surface area contributed by atoms with Crippen molar-refractivity contribution < 1.29 is 23.4 Å². The number of benzene rings is 4. The fourth-order valence-electron chi connectivity index (χ4n) is 6.20. The molecule has 2 aliphatic rings. The fraction of sp³-hybridized carbons (Fsp3) is 0.308. The minimum atomic E-state index is -0.520. The molecule has 0 radical (unpaired) electrons. The number of methoxy groups -OCH3 is 1. The van der Waals surface area contributed by atoms with Crippen LogP contribution >= 0.6 is 0 Å². The van der Waals surface area contributed by atoms with Crippen LogP contribution in [0.3, 0.4) is 0 Å². The summed E-state index contributed by atoms with van der Waals surface area (Å²) in [7, 11) is 1.70. The maximum absolute atomic E-state index is 14.0. The van der Waals surface area contributed by atoms with Crippen LogP contribution in [-0.4, -0.2) is 49.9 Å². The number of amides is 1. The standard InChI is InChI=1S/C39H41FN2O4/c1-39(2,3)46-38(43)42-22-20-41(21-23-42)31-15-18-35(36(25-31)44-4)37-33(28-10-13-30(40)14-11-28)17-12-29-24-32(16-19-34(29)37)45-26-27-8-6-5-7-9-27/h5-11,13-16,18-19,24-25H,12,17,20-23,26H2,1-4H3. The number of allylic oxidation sites excluding steroid dienone is 1. The topological polar surface area (TPSA) is 51.2 Å². The van der Waals surface area contributed by atoms with E-state index in [2.05, 4.69) is 47.4 Å². The van der Waals surface area contributed by atoms with Gasteiger partial charge >= 0.3 is 6.09 Å². The molecule has 238 valence electrons. The van der Waals surface area contributed by atoms with E-state index in [4.69, 9.17) is 14.2 Å². The van der Waals surface area contributed by atoms with Crippen LogP contribution in [0.4, 0.5) is 14.9 Å². The minimum Gasteiger partial charge on any atom is -0.496 e. The number of fused-ring (bicyclic) bond motifs is 1. The Morgan fingerprint density at radius 2 is 1.54 bits per heavy atom. The first-order valence-corrected chi connectivity index (χ1v) is 15.9. The van der Waals surface area contributed by atoms with Crippen LogP contribution in [-0.2, 0) is 17.8 Å². The first kappa shape index (κ1) is 31.2. The van der Waals surface area contributed by atoms with Gasteiger partial charge in [-0.2, -0.15) is 0 Å². The zero-order valence-electron chi connectivity index (χ0n) is 27.0. The lowest BCUT2D eigenvalue weighted by Crippen LogP contribution is -2.50. The van der Waals surface area contributed by atoms with Crippen molar-refractivity contribution in [1.82, 2.24) is 4.90 Å². The molecule has 4 aromatic carbocycles. The molecule has 4 aromatic rings. The second-order valence-corrected chi connectivity index (χ2v) is 12.8. The predicted molar refractivity (Wildman–Crippen MR) is 181 cm³/mol. The van der Waals surface area contributed by atoms with Gasteiger partial charge in [-0.25, -0.2) is 9.18 Å². The van der Waals surface area contributed by atoms with Crippen LogP contribution in [0.2, 0.25) is 0 Å². The average Bonchev–Trinajstić information content (AvgIpc) is 3.06. The average molecular weight is 621 g/mol. The highest BCUT2D eigenvalue weighted by atomic mass is 19.1. The van der Waals surface area contributed by atoms with Gasteiger partial charge in [0, 0.05) is 43.5 Å². The Balaban J connectivity index is 1.31. The molecule has 6 rings (SSSR count). The van der Waals surface area contributed by atoms with Gasteiger partial charge in [0.15, 0.2) is 0 Å². The van der Waals surface area contributed by atoms with E-state index in [1.807, 2.05) is 57.2 Å². The highest BCUT2D eigenvalue weighted by molar-refractivity contribution is 6.02. The molecule has 1 aliphatic carbocycles. The van der Waals surface area contributed by atoms with Gasteiger partial charge in [0.05, 0.1) is 7.11 Å². The van der Waals surface area contributed by atoms with Crippen LogP contribution in [0.25, 0.3) is 11.1 Å². The van der Waals surface area contributed by atoms with E-state index in [9.17, 15) is 9.18 Å². The summed E-state index contributed by atoms with van der Waals surface area (Å²) in [6, 6.07) is 29.6. The van der Waals surface area contributed by atoms with Crippen LogP contribution in [0.1, 0.15) is 55.0 Å². The summed E-state index contributed by atoms with van der Waals surface area (Å²) in [6.45, 7) is 8.71. The quantitative estimate of drug-likeness (QED) is 0.208. The molecule has 0 spiro atoms. The molecule has 1 heterocycles. The van der Waals surface area contributed by atoms with Crippen LogP contribution in [0, 0.1) is 5.82 Å². The van der Waals surface area contributed by atoms with E-state index >= 15 is 0 Å². The summed E-state index contributed by atoms with van der Waals surface area (Å²) in [5.74, 6) is 1.34. The molecule has 46 heavy (non-hydrogen) atoms. The number of carbonyl (C=O) groups is 1. The number of carbonyl (C=O) groups excluding carboxylic acids is 1. The molecule has 0 aromatic heterocycles. The Bertz CT molecular complexity index is 1720. The lowest BCUT2D eigenvalue weighted by Gasteiger charge is -2.37. The highest BCUT2D eigenvalue weighted by Gasteiger charge is 2.28. The van der Waals surface area contributed by atoms with E-state index in [0.29, 0.717) is 32.8 Å². The van der Waals surface area contributed by atoms with Crippen molar-refractivity contribution in [3.8, 4) is 11.5 Å². The van der Waals surface area contributed by atoms with Crippen molar-refractivity contribution in [2.45, 2.75) is 45.8 Å². The number of piperazine rings is 1. The summed E-state index contributed by atoms with van der Waals surface area (Å²) in [5, 5.41) is 0. The lowest BCUT2D eigenvalue weighted by atomic mass is 9.79. The normalized spacial score (nSPS) is 15.0. The lowest BCUT2D eigenvalue weighted by molar-refractivity contribution is 0.0240. The third-order valence-electron chi connectivity index (χ3n) is 8.48. The molecule has 0 bridgehead atoms. The third-order valence-corrected chi connectivity index (χ3v) is 8.48. The number of rotatable bonds is 7. The summed E-state index contributed by atoms with van der Waals surface area (Å²) in [5.41, 5.74) is 8.18. The molecule has 1 amide bonds. The maximum Gasteiger partial charge on any atom is 0.410 e. The van der Waals surface area contributed by atoms with Gasteiger partial charge in [0.1, 0.15) is 29.5 Å². The fourth-order valence-corrected chi connectivity index (χ4v) is 6.20. The Labute approximate surface area is 271 Å². The molecular formula is C39H41FN2O4. The van der Waals surface area contributed by atoms with Crippen molar-refractivity contribution in [2.24, 2.45) is 0 Å². The van der Waals surface area contributed by atoms with Crippen molar-refractivity contribution >= 4 is 22.9 Å². The number of nitrogens with zero attached hydrogens (tertiary/aromatic N) is 2. The third kappa shape index (κ3) is 7.04. The van der Waals surface area contributed by atoms with Gasteiger partial charge in [-0.3, -0.25) is 0 Å². The van der Waals surface area contributed by atoms with E-state index in [-0.39, 0.29) is 11.9 Å². The van der Waals surface area contributed by atoms with Crippen molar-refractivity contribution in [3.63, 3.8) is 0 Å². The maximum atomic E-state index is 14.0. The molecule has 0 atom stereocenters. The summed E-state index contributed by atoms with van der Waals surface area (Å²) in [4.78, 5) is 16.6. The Kier molecular flexibility index (Phi) is 9.02. The van der Waals surface area contributed by atoms with Gasteiger partial charge in [-0.1, -0.05) is 48.5 Å². The molecule has 0 unspecified atom stereocenters. The molecule has 6 nitrogen and oxygen atoms in total. The molecule has 1 aliphatic heterocycles. The van der Waals surface area contributed by atoms with Gasteiger partial charge in [0.25, 0.3) is 0 Å². The van der Waals surface area contributed by atoms with Gasteiger partial charge in [0.2, 0.25) is 0 Å². The molecular weight excluding hydrogens is 579 g/mol. The zero-order valence-corrected chi connectivity index (χ0v) is 27.0. The summed E-state index contributed by atoms with van der Waals surface area (Å²) in [6.07, 6.45) is 1.37. The molecule has 0 N–H and O–H groups in total. The van der Waals surface area contributed by atoms with Gasteiger partial charge in [-0.05, 0) is 103 Å². The van der Waals surface area contributed by atoms with Crippen molar-refractivity contribution in [2.75, 3.05) is 38.2 Å². The van der Waals surface area contributed by atoms with E-state index in [1.165, 1.54) is 17.7 Å². The Morgan fingerprint density at radius 1 is 0.826 bits per heavy atom. The molecule has 1 saturated heterocycles. The first-order valence-electron chi connectivity index (χ1n) is 15.9. The number of hydrogen-bond donors (Lipinski definition) is 0. The van der Waals surface area contributed by atoms with Gasteiger partial charge in [-0.15, -0.1) is 0 Å². The minimum absolute atomic E-state index is 0.254. The number of hydrogen-bond acceptors (Lipinski definition) is 5. The zero-order chi connectivity index (χ0) is 32.3. The SMILES string of the molecule is COc1cc(N2CCN(C(=O)OC(C)(C)C)CC2)ccc1C1=C(c2ccc(F)cc2)CCc2cc(OCc3ccccc3)ccc21. The van der Waals surface area contributed by atoms with Crippen molar-refractivity contribution in [3.05, 3.63) is 125 Å². The Hall–Kier alpha value is -4.78. The number of halogens is 1. The number of anilines is 1. The molecule has 1 fully saturated rings. The second kappa shape index (κ2) is 13.3. The largest absolute Gasteiger partial charge is 0.496 e. The van der Waals surface area contributed by atoms with Crippen LogP contribution in [0.15, 0.2) is 91.0 Å². The van der Waals surface area contributed by atoms with E-state index in [1.54, 1.807) is 12.0 Å². The van der Waals surface area contributed by atoms with E-state index < -0.39 is 5.60 Å². The number of ether oxygens (including phenoxy) is 3.